The maximum Gasteiger partial charge on any atom is 0.0205 e. The molecule has 0 fully saturated rings. The molecule has 0 heterocycles. The minimum Gasteiger partial charge on any atom is -0.102 e. The number of rotatable bonds is 1. The van der Waals surface area contributed by atoms with E-state index in [9.17, 15) is 0 Å². The van der Waals surface area contributed by atoms with E-state index in [1.807, 2.05) is 6.08 Å². The highest BCUT2D eigenvalue weighted by molar-refractivity contribution is 5.64. The molecule has 0 aromatic carbocycles. The summed E-state index contributed by atoms with van der Waals surface area (Å²) in [5, 5.41) is 0. The van der Waals surface area contributed by atoms with Crippen LogP contribution in [-0.4, -0.2) is 0 Å². The van der Waals surface area contributed by atoms with Crippen molar-refractivity contribution in [2.24, 2.45) is 5.92 Å². The van der Waals surface area contributed by atoms with Gasteiger partial charge in [0.05, 0.1) is 0 Å². The van der Waals surface area contributed by atoms with Crippen molar-refractivity contribution in [3.8, 4) is 0 Å². The van der Waals surface area contributed by atoms with Crippen molar-refractivity contribution in [3.63, 3.8) is 0 Å². The fraction of sp³-hybridized carbons (Fsp3) is 0.111. The molecule has 2 aliphatic rings. The van der Waals surface area contributed by atoms with E-state index in [-0.39, 0.29) is 0 Å². The molecule has 0 nitrogen and oxygen atoms in total. The Morgan fingerprint density at radius 2 is 2.44 bits per heavy atom. The second kappa shape index (κ2) is 1.47. The van der Waals surface area contributed by atoms with Crippen molar-refractivity contribution in [2.45, 2.75) is 0 Å². The van der Waals surface area contributed by atoms with Gasteiger partial charge < -0.3 is 0 Å². The number of hydrogen-bond acceptors (Lipinski definition) is 0. The van der Waals surface area contributed by atoms with E-state index in [1.165, 1.54) is 11.1 Å². The first-order valence-corrected chi connectivity index (χ1v) is 3.15. The summed E-state index contributed by atoms with van der Waals surface area (Å²) in [6, 6.07) is 0. The molecule has 0 aromatic heterocycles. The first-order valence-electron chi connectivity index (χ1n) is 3.15. The second-order valence-electron chi connectivity index (χ2n) is 2.37. The minimum atomic E-state index is 0.505. The Morgan fingerprint density at radius 1 is 1.56 bits per heavy atom. The van der Waals surface area contributed by atoms with Gasteiger partial charge in [-0.2, -0.15) is 0 Å². The van der Waals surface area contributed by atoms with Gasteiger partial charge in [-0.1, -0.05) is 24.3 Å². The van der Waals surface area contributed by atoms with Gasteiger partial charge in [0.25, 0.3) is 0 Å². The topological polar surface area (TPSA) is 0 Å². The van der Waals surface area contributed by atoms with E-state index in [0.717, 1.165) is 0 Å². The molecule has 0 aliphatic heterocycles. The third-order valence-corrected chi connectivity index (χ3v) is 1.77. The van der Waals surface area contributed by atoms with E-state index in [1.54, 1.807) is 0 Å². The van der Waals surface area contributed by atoms with Crippen molar-refractivity contribution in [2.75, 3.05) is 0 Å². The highest BCUT2D eigenvalue weighted by atomic mass is 14.3. The Labute approximate surface area is 54.9 Å². The van der Waals surface area contributed by atoms with Gasteiger partial charge in [0.15, 0.2) is 0 Å². The third kappa shape index (κ3) is 0.595. The molecule has 0 heteroatoms. The zero-order valence-corrected chi connectivity index (χ0v) is 5.17. The molecule has 0 spiro atoms. The van der Waals surface area contributed by atoms with Crippen molar-refractivity contribution in [1.82, 2.24) is 0 Å². The van der Waals surface area contributed by atoms with Gasteiger partial charge in [-0.15, -0.1) is 6.58 Å². The molecular weight excluding hydrogens is 108 g/mol. The molecule has 9 heavy (non-hydrogen) atoms. The predicted molar refractivity (Wildman–Crippen MR) is 39.0 cm³/mol. The molecule has 0 saturated carbocycles. The van der Waals surface area contributed by atoms with Crippen LogP contribution in [0.3, 0.4) is 0 Å². The van der Waals surface area contributed by atoms with Crippen LogP contribution < -0.4 is 0 Å². The zero-order valence-electron chi connectivity index (χ0n) is 5.17. The Hall–Kier alpha value is -1.04. The molecular formula is C9H8. The summed E-state index contributed by atoms with van der Waals surface area (Å²) in [5.41, 5.74) is 2.86. The zero-order chi connectivity index (χ0) is 6.27. The minimum absolute atomic E-state index is 0.505. The second-order valence-corrected chi connectivity index (χ2v) is 2.37. The molecule has 0 saturated heterocycles. The van der Waals surface area contributed by atoms with Crippen molar-refractivity contribution in [1.29, 1.82) is 0 Å². The molecule has 0 aromatic rings. The summed E-state index contributed by atoms with van der Waals surface area (Å²) in [7, 11) is 0. The van der Waals surface area contributed by atoms with Crippen molar-refractivity contribution in [3.05, 3.63) is 48.1 Å². The predicted octanol–water partition coefficient (Wildman–Crippen LogP) is 2.22. The monoisotopic (exact) mass is 116 g/mol. The summed E-state index contributed by atoms with van der Waals surface area (Å²) in [5.74, 6) is 0.505. The van der Waals surface area contributed by atoms with Crippen LogP contribution in [0.2, 0.25) is 0 Å². The van der Waals surface area contributed by atoms with E-state index in [2.05, 4.69) is 30.9 Å². The first kappa shape index (κ1) is 4.80. The van der Waals surface area contributed by atoms with Crippen LogP contribution in [0.1, 0.15) is 0 Å². The number of fused-ring (bicyclic) bond motifs is 1. The molecule has 0 N–H and O–H groups in total. The molecule has 2 aliphatic carbocycles. The summed E-state index contributed by atoms with van der Waals surface area (Å²) >= 11 is 0. The van der Waals surface area contributed by atoms with Crippen molar-refractivity contribution >= 4 is 0 Å². The van der Waals surface area contributed by atoms with E-state index in [0.29, 0.717) is 5.92 Å². The molecule has 44 valence electrons. The van der Waals surface area contributed by atoms with Crippen LogP contribution >= 0.6 is 0 Å². The van der Waals surface area contributed by atoms with Crippen LogP contribution in [0.25, 0.3) is 0 Å². The van der Waals surface area contributed by atoms with Gasteiger partial charge in [-0.3, -0.25) is 0 Å². The molecule has 0 bridgehead atoms. The molecule has 0 radical (unpaired) electrons. The third-order valence-electron chi connectivity index (χ3n) is 1.77. The lowest BCUT2D eigenvalue weighted by Crippen LogP contribution is -1.89. The Balaban J connectivity index is 2.31. The average Bonchev–Trinajstić information content (AvgIpc) is 2.64. The van der Waals surface area contributed by atoms with Crippen LogP contribution in [0.4, 0.5) is 0 Å². The summed E-state index contributed by atoms with van der Waals surface area (Å²) in [4.78, 5) is 0. The van der Waals surface area contributed by atoms with Crippen LogP contribution in [0.15, 0.2) is 48.1 Å². The lowest BCUT2D eigenvalue weighted by Gasteiger charge is -2.02. The van der Waals surface area contributed by atoms with Gasteiger partial charge in [0.1, 0.15) is 0 Å². The summed E-state index contributed by atoms with van der Waals surface area (Å²) < 4.78 is 0. The highest BCUT2D eigenvalue weighted by Crippen LogP contribution is 2.38. The smallest absolute Gasteiger partial charge is 0.0205 e. The van der Waals surface area contributed by atoms with Gasteiger partial charge in [-0.25, -0.2) is 0 Å². The van der Waals surface area contributed by atoms with Crippen LogP contribution in [-0.2, 0) is 0 Å². The normalized spacial score (nSPS) is 28.2. The van der Waals surface area contributed by atoms with Gasteiger partial charge in [-0.05, 0) is 17.2 Å². The Bertz CT molecular complexity index is 239. The number of allylic oxidation sites excluding steroid dienone is 7. The molecule has 0 amide bonds. The van der Waals surface area contributed by atoms with Gasteiger partial charge in [0.2, 0.25) is 0 Å². The Kier molecular flexibility index (Phi) is 0.786. The lowest BCUT2D eigenvalue weighted by atomic mass is 10.0. The van der Waals surface area contributed by atoms with Crippen LogP contribution in [0.5, 0.6) is 0 Å². The fourth-order valence-corrected chi connectivity index (χ4v) is 1.15. The molecule has 1 unspecified atom stereocenters. The average molecular weight is 116 g/mol. The SMILES string of the molecule is C=CC1C=CC=C2C=C21. The maximum atomic E-state index is 3.74. The highest BCUT2D eigenvalue weighted by Gasteiger charge is 2.22. The summed E-state index contributed by atoms with van der Waals surface area (Å²) in [6.45, 7) is 3.74. The van der Waals surface area contributed by atoms with Gasteiger partial charge in [0, 0.05) is 5.92 Å². The Morgan fingerprint density at radius 3 is 3.11 bits per heavy atom. The lowest BCUT2D eigenvalue weighted by molar-refractivity contribution is 1.03. The van der Waals surface area contributed by atoms with Crippen molar-refractivity contribution < 1.29 is 0 Å². The first-order chi connectivity index (χ1) is 4.42. The van der Waals surface area contributed by atoms with Gasteiger partial charge >= 0.3 is 0 Å². The number of hydrogen-bond donors (Lipinski definition) is 0. The van der Waals surface area contributed by atoms with Crippen LogP contribution in [0, 0.1) is 5.92 Å². The molecule has 1 atom stereocenters. The fourth-order valence-electron chi connectivity index (χ4n) is 1.15. The maximum absolute atomic E-state index is 3.74. The summed E-state index contributed by atoms with van der Waals surface area (Å²) in [6.07, 6.45) is 10.6. The largest absolute Gasteiger partial charge is 0.102 e. The van der Waals surface area contributed by atoms with E-state index < -0.39 is 0 Å². The van der Waals surface area contributed by atoms with E-state index in [4.69, 9.17) is 0 Å². The standard InChI is InChI=1S/C9H8/c1-2-7-4-3-5-8-6-9(7)8/h2-7H,1H2. The van der Waals surface area contributed by atoms with E-state index >= 15 is 0 Å². The quantitative estimate of drug-likeness (QED) is 0.461. The molecule has 2 rings (SSSR count).